The first kappa shape index (κ1) is 11.3. The van der Waals surface area contributed by atoms with E-state index in [1.807, 2.05) is 12.1 Å². The van der Waals surface area contributed by atoms with Crippen molar-refractivity contribution in [3.05, 3.63) is 35.9 Å². The highest BCUT2D eigenvalue weighted by Crippen LogP contribution is 2.28. The number of carboxylic acid groups (broad SMARTS) is 1. The zero-order valence-electron chi connectivity index (χ0n) is 9.56. The molecule has 2 rings (SSSR count). The lowest BCUT2D eigenvalue weighted by Crippen LogP contribution is -2.00. The molecule has 0 aliphatic carbocycles. The first-order chi connectivity index (χ1) is 8.15. The van der Waals surface area contributed by atoms with Gasteiger partial charge in [-0.05, 0) is 35.0 Å². The predicted molar refractivity (Wildman–Crippen MR) is 64.0 cm³/mol. The maximum absolute atomic E-state index is 11.1. The molecule has 0 fully saturated rings. The fourth-order valence-electron chi connectivity index (χ4n) is 1.72. The summed E-state index contributed by atoms with van der Waals surface area (Å²) in [6.45, 7) is 0. The Bertz CT molecular complexity index is 575. The minimum absolute atomic E-state index is 0.147. The Morgan fingerprint density at radius 2 is 1.82 bits per heavy atom. The van der Waals surface area contributed by atoms with Crippen molar-refractivity contribution in [2.24, 2.45) is 0 Å². The Labute approximate surface area is 98.4 Å². The molecule has 0 aliphatic rings. The summed E-state index contributed by atoms with van der Waals surface area (Å²) in [4.78, 5) is 11.1. The molecule has 0 aromatic heterocycles. The normalized spacial score (nSPS) is 10.2. The molecule has 0 spiro atoms. The van der Waals surface area contributed by atoms with Crippen LogP contribution in [0.2, 0.25) is 0 Å². The number of carbonyl (C=O) groups is 1. The number of carboxylic acids is 1. The van der Waals surface area contributed by atoms with Gasteiger partial charge >= 0.3 is 5.97 Å². The van der Waals surface area contributed by atoms with Crippen molar-refractivity contribution >= 4 is 16.7 Å². The monoisotopic (exact) mass is 232 g/mol. The average molecular weight is 232 g/mol. The second-order valence-corrected chi connectivity index (χ2v) is 3.57. The summed E-state index contributed by atoms with van der Waals surface area (Å²) in [6.07, 6.45) is 0. The Kier molecular flexibility index (Phi) is 2.87. The number of benzene rings is 2. The van der Waals surface area contributed by atoms with Crippen molar-refractivity contribution in [2.45, 2.75) is 0 Å². The number of fused-ring (bicyclic) bond motifs is 1. The van der Waals surface area contributed by atoms with Gasteiger partial charge in [0.2, 0.25) is 0 Å². The van der Waals surface area contributed by atoms with Crippen molar-refractivity contribution in [1.29, 1.82) is 0 Å². The van der Waals surface area contributed by atoms with Gasteiger partial charge in [-0.15, -0.1) is 0 Å². The van der Waals surface area contributed by atoms with Gasteiger partial charge in [0.1, 0.15) is 17.1 Å². The van der Waals surface area contributed by atoms with Gasteiger partial charge in [-0.1, -0.05) is 6.07 Å². The Hall–Kier alpha value is -2.23. The van der Waals surface area contributed by atoms with E-state index in [1.165, 1.54) is 7.11 Å². The predicted octanol–water partition coefficient (Wildman–Crippen LogP) is 2.56. The number of aromatic carboxylic acids is 1. The van der Waals surface area contributed by atoms with Crippen LogP contribution >= 0.6 is 0 Å². The Balaban J connectivity index is 2.69. The van der Waals surface area contributed by atoms with Crippen LogP contribution in [0.15, 0.2) is 30.3 Å². The summed E-state index contributed by atoms with van der Waals surface area (Å²) in [7, 11) is 3.03. The summed E-state index contributed by atoms with van der Waals surface area (Å²) in [6, 6.07) is 8.77. The number of ether oxygens (including phenoxy) is 2. The molecule has 0 heterocycles. The van der Waals surface area contributed by atoms with E-state index in [0.717, 1.165) is 10.8 Å². The van der Waals surface area contributed by atoms with Gasteiger partial charge in [-0.3, -0.25) is 0 Å². The number of methoxy groups -OCH3 is 2. The van der Waals surface area contributed by atoms with E-state index < -0.39 is 5.97 Å². The lowest BCUT2D eigenvalue weighted by molar-refractivity contribution is 0.0693. The molecule has 4 nitrogen and oxygen atoms in total. The molecule has 88 valence electrons. The summed E-state index contributed by atoms with van der Waals surface area (Å²) in [5.74, 6) is 0.0424. The molecule has 0 unspecified atom stereocenters. The quantitative estimate of drug-likeness (QED) is 0.883. The molecule has 0 radical (unpaired) electrons. The van der Waals surface area contributed by atoms with Gasteiger partial charge in [0, 0.05) is 0 Å². The third kappa shape index (κ3) is 2.01. The van der Waals surface area contributed by atoms with Crippen molar-refractivity contribution in [3.8, 4) is 11.5 Å². The molecular weight excluding hydrogens is 220 g/mol. The fraction of sp³-hybridized carbons (Fsp3) is 0.154. The largest absolute Gasteiger partial charge is 0.497 e. The molecule has 2 aromatic carbocycles. The molecule has 0 aliphatic heterocycles. The van der Waals surface area contributed by atoms with Gasteiger partial charge in [0.25, 0.3) is 0 Å². The number of rotatable bonds is 3. The second-order valence-electron chi connectivity index (χ2n) is 3.57. The SMILES string of the molecule is COc1ccc2cc(OC)c(C(=O)O)cc2c1. The molecule has 1 N–H and O–H groups in total. The zero-order valence-corrected chi connectivity index (χ0v) is 9.56. The summed E-state index contributed by atoms with van der Waals surface area (Å²) in [5, 5.41) is 10.8. The van der Waals surface area contributed by atoms with Crippen LogP contribution < -0.4 is 9.47 Å². The molecule has 17 heavy (non-hydrogen) atoms. The second kappa shape index (κ2) is 4.33. The lowest BCUT2D eigenvalue weighted by atomic mass is 10.1. The molecule has 0 saturated heterocycles. The molecular formula is C13H12O4. The molecule has 0 amide bonds. The van der Waals surface area contributed by atoms with Gasteiger partial charge in [-0.25, -0.2) is 4.79 Å². The molecule has 0 saturated carbocycles. The maximum Gasteiger partial charge on any atom is 0.339 e. The van der Waals surface area contributed by atoms with Gasteiger partial charge < -0.3 is 14.6 Å². The highest BCUT2D eigenvalue weighted by molar-refractivity contribution is 5.98. The van der Waals surface area contributed by atoms with Crippen molar-refractivity contribution in [3.63, 3.8) is 0 Å². The summed E-state index contributed by atoms with van der Waals surface area (Å²) < 4.78 is 10.2. The van der Waals surface area contributed by atoms with Crippen LogP contribution in [0.25, 0.3) is 10.8 Å². The summed E-state index contributed by atoms with van der Waals surface area (Å²) >= 11 is 0. The van der Waals surface area contributed by atoms with E-state index in [4.69, 9.17) is 14.6 Å². The van der Waals surface area contributed by atoms with Crippen LogP contribution in [-0.4, -0.2) is 25.3 Å². The van der Waals surface area contributed by atoms with Crippen molar-refractivity contribution in [2.75, 3.05) is 14.2 Å². The van der Waals surface area contributed by atoms with E-state index in [2.05, 4.69) is 0 Å². The Morgan fingerprint density at radius 1 is 1.06 bits per heavy atom. The molecule has 2 aromatic rings. The number of hydrogen-bond acceptors (Lipinski definition) is 3. The molecule has 0 bridgehead atoms. The zero-order chi connectivity index (χ0) is 12.4. The van der Waals surface area contributed by atoms with Gasteiger partial charge in [-0.2, -0.15) is 0 Å². The van der Waals surface area contributed by atoms with E-state index >= 15 is 0 Å². The van der Waals surface area contributed by atoms with Crippen molar-refractivity contribution in [1.82, 2.24) is 0 Å². The van der Waals surface area contributed by atoms with Crippen molar-refractivity contribution < 1.29 is 19.4 Å². The van der Waals surface area contributed by atoms with E-state index in [1.54, 1.807) is 25.3 Å². The van der Waals surface area contributed by atoms with Crippen LogP contribution in [0, 0.1) is 0 Å². The average Bonchev–Trinajstić information content (AvgIpc) is 2.36. The van der Waals surface area contributed by atoms with E-state index in [0.29, 0.717) is 11.5 Å². The Morgan fingerprint density at radius 3 is 2.41 bits per heavy atom. The minimum Gasteiger partial charge on any atom is -0.497 e. The standard InChI is InChI=1S/C13H12O4/c1-16-10-4-3-8-7-12(17-2)11(13(14)15)6-9(8)5-10/h3-7H,1-2H3,(H,14,15). The van der Waals surface area contributed by atoms with Gasteiger partial charge in [0.05, 0.1) is 14.2 Å². The number of hydrogen-bond donors (Lipinski definition) is 1. The highest BCUT2D eigenvalue weighted by atomic mass is 16.5. The first-order valence-corrected chi connectivity index (χ1v) is 5.05. The van der Waals surface area contributed by atoms with Crippen LogP contribution in [0.1, 0.15) is 10.4 Å². The maximum atomic E-state index is 11.1. The van der Waals surface area contributed by atoms with Crippen LogP contribution in [0.4, 0.5) is 0 Å². The third-order valence-electron chi connectivity index (χ3n) is 2.60. The molecule has 0 atom stereocenters. The van der Waals surface area contributed by atoms with Crippen LogP contribution in [-0.2, 0) is 0 Å². The van der Waals surface area contributed by atoms with Crippen LogP contribution in [0.3, 0.4) is 0 Å². The van der Waals surface area contributed by atoms with E-state index in [9.17, 15) is 4.79 Å². The smallest absolute Gasteiger partial charge is 0.339 e. The topological polar surface area (TPSA) is 55.8 Å². The van der Waals surface area contributed by atoms with Crippen LogP contribution in [0.5, 0.6) is 11.5 Å². The lowest BCUT2D eigenvalue weighted by Gasteiger charge is -2.08. The molecule has 4 heteroatoms. The van der Waals surface area contributed by atoms with Gasteiger partial charge in [0.15, 0.2) is 0 Å². The highest BCUT2D eigenvalue weighted by Gasteiger charge is 2.12. The third-order valence-corrected chi connectivity index (χ3v) is 2.60. The fourth-order valence-corrected chi connectivity index (χ4v) is 1.72. The summed E-state index contributed by atoms with van der Waals surface area (Å²) in [5.41, 5.74) is 0.147. The first-order valence-electron chi connectivity index (χ1n) is 5.05. The minimum atomic E-state index is -1.01. The van der Waals surface area contributed by atoms with E-state index in [-0.39, 0.29) is 5.56 Å².